The summed E-state index contributed by atoms with van der Waals surface area (Å²) in [5.41, 5.74) is 2.98. The summed E-state index contributed by atoms with van der Waals surface area (Å²) in [6.45, 7) is 7.28. The molecule has 0 amide bonds. The molecule has 0 aromatic carbocycles. The molecule has 24 heavy (non-hydrogen) atoms. The van der Waals surface area contributed by atoms with Crippen molar-refractivity contribution in [2.45, 2.75) is 39.3 Å². The third kappa shape index (κ3) is 3.87. The van der Waals surface area contributed by atoms with Gasteiger partial charge in [-0.2, -0.15) is 0 Å². The average molecular weight is 377 g/mol. The van der Waals surface area contributed by atoms with Crippen LogP contribution in [-0.4, -0.2) is 48.1 Å². The van der Waals surface area contributed by atoms with Gasteiger partial charge in [-0.25, -0.2) is 18.1 Å². The van der Waals surface area contributed by atoms with Crippen LogP contribution in [0.3, 0.4) is 0 Å². The zero-order chi connectivity index (χ0) is 18.1. The standard InChI is InChI=1S/C15H25ClN4O3S/c1-5-23-9-12-18-13-14(20(12)17)10(2)11(3)19(15(13)16)7-6-8-24(4,21)22/h15H,5-9,17H2,1-4H3. The van der Waals surface area contributed by atoms with E-state index in [0.29, 0.717) is 37.7 Å². The number of hydrogen-bond acceptors (Lipinski definition) is 6. The van der Waals surface area contributed by atoms with Crippen LogP contribution in [0, 0.1) is 0 Å². The summed E-state index contributed by atoms with van der Waals surface area (Å²) >= 11 is 6.61. The molecule has 1 aliphatic rings. The Kier molecular flexibility index (Phi) is 5.83. The maximum absolute atomic E-state index is 11.3. The van der Waals surface area contributed by atoms with E-state index in [-0.39, 0.29) is 5.75 Å². The molecule has 0 aliphatic carbocycles. The van der Waals surface area contributed by atoms with Crippen molar-refractivity contribution < 1.29 is 13.2 Å². The highest BCUT2D eigenvalue weighted by molar-refractivity contribution is 7.90. The van der Waals surface area contributed by atoms with E-state index in [9.17, 15) is 8.42 Å². The van der Waals surface area contributed by atoms with Crippen LogP contribution in [0.1, 0.15) is 49.9 Å². The van der Waals surface area contributed by atoms with Gasteiger partial charge < -0.3 is 15.5 Å². The van der Waals surface area contributed by atoms with E-state index in [4.69, 9.17) is 22.2 Å². The van der Waals surface area contributed by atoms with Crippen molar-refractivity contribution in [2.24, 2.45) is 0 Å². The summed E-state index contributed by atoms with van der Waals surface area (Å²) in [4.78, 5) is 6.52. The van der Waals surface area contributed by atoms with E-state index in [1.165, 1.54) is 10.9 Å². The Balaban J connectivity index is 2.28. The Morgan fingerprint density at radius 1 is 1.38 bits per heavy atom. The molecule has 136 valence electrons. The van der Waals surface area contributed by atoms with Gasteiger partial charge in [-0.3, -0.25) is 0 Å². The van der Waals surface area contributed by atoms with Crippen molar-refractivity contribution in [2.75, 3.05) is 31.0 Å². The van der Waals surface area contributed by atoms with Crippen LogP contribution in [0.15, 0.2) is 5.70 Å². The quantitative estimate of drug-likeness (QED) is 0.444. The van der Waals surface area contributed by atoms with Gasteiger partial charge in [0.05, 0.1) is 11.4 Å². The molecule has 0 fully saturated rings. The van der Waals surface area contributed by atoms with Gasteiger partial charge in [0.1, 0.15) is 27.6 Å². The summed E-state index contributed by atoms with van der Waals surface area (Å²) in [6.07, 6.45) is 1.75. The first kappa shape index (κ1) is 19.1. The highest BCUT2D eigenvalue weighted by atomic mass is 35.5. The lowest BCUT2D eigenvalue weighted by molar-refractivity contribution is 0.126. The zero-order valence-corrected chi connectivity index (χ0v) is 16.1. The second kappa shape index (κ2) is 7.33. The summed E-state index contributed by atoms with van der Waals surface area (Å²) in [6, 6.07) is 0. The van der Waals surface area contributed by atoms with E-state index < -0.39 is 15.3 Å². The molecule has 1 aromatic heterocycles. The highest BCUT2D eigenvalue weighted by Gasteiger charge is 2.33. The number of aromatic nitrogens is 2. The Hall–Kier alpha value is -1.25. The summed E-state index contributed by atoms with van der Waals surface area (Å²) in [5, 5.41) is 0. The number of nitrogen functional groups attached to an aromatic ring is 1. The molecule has 2 N–H and O–H groups in total. The van der Waals surface area contributed by atoms with Crippen LogP contribution in [0.2, 0.25) is 0 Å². The average Bonchev–Trinajstić information content (AvgIpc) is 2.82. The minimum Gasteiger partial charge on any atom is -0.374 e. The van der Waals surface area contributed by atoms with Crippen LogP contribution in [0.5, 0.6) is 0 Å². The van der Waals surface area contributed by atoms with Crippen LogP contribution in [0.25, 0.3) is 5.57 Å². The predicted molar refractivity (Wildman–Crippen MR) is 95.6 cm³/mol. The van der Waals surface area contributed by atoms with Gasteiger partial charge in [0.25, 0.3) is 0 Å². The van der Waals surface area contributed by atoms with Gasteiger partial charge in [0, 0.05) is 25.1 Å². The van der Waals surface area contributed by atoms with Crippen molar-refractivity contribution in [1.29, 1.82) is 0 Å². The Labute approximate surface area is 148 Å². The number of nitrogens with two attached hydrogens (primary N) is 1. The van der Waals surface area contributed by atoms with Crippen molar-refractivity contribution in [3.63, 3.8) is 0 Å². The van der Waals surface area contributed by atoms with Crippen LogP contribution >= 0.6 is 11.6 Å². The molecule has 0 bridgehead atoms. The van der Waals surface area contributed by atoms with Gasteiger partial charge in [0.15, 0.2) is 5.82 Å². The van der Waals surface area contributed by atoms with Crippen molar-refractivity contribution in [3.8, 4) is 0 Å². The molecule has 7 nitrogen and oxygen atoms in total. The van der Waals surface area contributed by atoms with Gasteiger partial charge in [-0.15, -0.1) is 0 Å². The third-order valence-corrected chi connectivity index (χ3v) is 5.66. The second-order valence-corrected chi connectivity index (χ2v) is 8.67. The molecule has 2 heterocycles. The van der Waals surface area contributed by atoms with E-state index in [2.05, 4.69) is 4.98 Å². The van der Waals surface area contributed by atoms with E-state index in [1.54, 1.807) is 0 Å². The molecule has 0 radical (unpaired) electrons. The zero-order valence-electron chi connectivity index (χ0n) is 14.5. The molecule has 1 aliphatic heterocycles. The highest BCUT2D eigenvalue weighted by Crippen LogP contribution is 2.40. The smallest absolute Gasteiger partial charge is 0.153 e. The topological polar surface area (TPSA) is 90.4 Å². The summed E-state index contributed by atoms with van der Waals surface area (Å²) in [5.74, 6) is 6.92. The minimum atomic E-state index is -2.99. The van der Waals surface area contributed by atoms with Gasteiger partial charge >= 0.3 is 0 Å². The van der Waals surface area contributed by atoms with E-state index in [1.807, 2.05) is 25.7 Å². The molecule has 0 spiro atoms. The first-order valence-corrected chi connectivity index (χ1v) is 10.4. The molecular formula is C15H25ClN4O3S. The first-order valence-electron chi connectivity index (χ1n) is 7.88. The second-order valence-electron chi connectivity index (χ2n) is 5.99. The number of nitrogens with zero attached hydrogens (tertiary/aromatic N) is 3. The number of allylic oxidation sites excluding steroid dienone is 2. The monoisotopic (exact) mass is 376 g/mol. The molecular weight excluding hydrogens is 352 g/mol. The Morgan fingerprint density at radius 2 is 2.04 bits per heavy atom. The van der Waals surface area contributed by atoms with Gasteiger partial charge in [-0.05, 0) is 32.8 Å². The number of sulfone groups is 1. The van der Waals surface area contributed by atoms with Crippen LogP contribution in [0.4, 0.5) is 0 Å². The number of rotatable bonds is 7. The van der Waals surface area contributed by atoms with Crippen LogP contribution < -0.4 is 5.84 Å². The molecule has 9 heteroatoms. The lowest BCUT2D eigenvalue weighted by Crippen LogP contribution is -2.31. The normalized spacial score (nSPS) is 18.2. The summed E-state index contributed by atoms with van der Waals surface area (Å²) < 4.78 is 29.6. The van der Waals surface area contributed by atoms with Gasteiger partial charge in [0.2, 0.25) is 0 Å². The first-order chi connectivity index (χ1) is 11.2. The largest absolute Gasteiger partial charge is 0.374 e. The Morgan fingerprint density at radius 3 is 2.62 bits per heavy atom. The fourth-order valence-electron chi connectivity index (χ4n) is 2.81. The number of imidazole rings is 1. The van der Waals surface area contributed by atoms with E-state index >= 15 is 0 Å². The fourth-order valence-corrected chi connectivity index (χ4v) is 3.86. The predicted octanol–water partition coefficient (Wildman–Crippen LogP) is 1.87. The SMILES string of the molecule is CCOCc1nc2c(n1N)C(C)=C(C)N(CCCS(C)(=O)=O)C2Cl. The van der Waals surface area contributed by atoms with Crippen molar-refractivity contribution in [1.82, 2.24) is 14.6 Å². The molecule has 1 atom stereocenters. The van der Waals surface area contributed by atoms with Crippen molar-refractivity contribution >= 4 is 27.0 Å². The lowest BCUT2D eigenvalue weighted by atomic mass is 10.0. The molecule has 2 rings (SSSR count). The molecule has 1 unspecified atom stereocenters. The number of halogens is 1. The number of alkyl halides is 1. The lowest BCUT2D eigenvalue weighted by Gasteiger charge is -2.35. The Bertz CT molecular complexity index is 742. The molecule has 0 saturated carbocycles. The maximum atomic E-state index is 11.3. The third-order valence-electron chi connectivity index (χ3n) is 4.19. The number of hydrogen-bond donors (Lipinski definition) is 1. The number of ether oxygens (including phenoxy) is 1. The van der Waals surface area contributed by atoms with Crippen LogP contribution in [-0.2, 0) is 21.2 Å². The van der Waals surface area contributed by atoms with Crippen molar-refractivity contribution in [3.05, 3.63) is 22.9 Å². The number of fused-ring (bicyclic) bond motifs is 1. The van der Waals surface area contributed by atoms with Gasteiger partial charge in [-0.1, -0.05) is 11.6 Å². The minimum absolute atomic E-state index is 0.132. The summed E-state index contributed by atoms with van der Waals surface area (Å²) in [7, 11) is -2.99. The maximum Gasteiger partial charge on any atom is 0.153 e. The molecule has 0 saturated heterocycles. The fraction of sp³-hybridized carbons (Fsp3) is 0.667. The molecule has 1 aromatic rings. The van der Waals surface area contributed by atoms with E-state index in [0.717, 1.165) is 17.0 Å².